The topological polar surface area (TPSA) is 42.1 Å². The Hall–Kier alpha value is -1.45. The molecule has 0 amide bonds. The van der Waals surface area contributed by atoms with E-state index in [-0.39, 0.29) is 0 Å². The van der Waals surface area contributed by atoms with Gasteiger partial charge in [0.25, 0.3) is 0 Å². The van der Waals surface area contributed by atoms with Crippen LogP contribution >= 0.6 is 23.2 Å². The van der Waals surface area contributed by atoms with Crippen molar-refractivity contribution in [1.29, 1.82) is 0 Å². The first-order valence-electron chi connectivity index (χ1n) is 5.43. The van der Waals surface area contributed by atoms with Gasteiger partial charge in [-0.25, -0.2) is 4.79 Å². The third-order valence-corrected chi connectivity index (χ3v) is 3.01. The highest BCUT2D eigenvalue weighted by atomic mass is 35.5. The van der Waals surface area contributed by atoms with Crippen molar-refractivity contribution in [2.75, 3.05) is 6.61 Å². The molecule has 0 spiro atoms. The maximum atomic E-state index is 11.8. The number of esters is 1. The summed E-state index contributed by atoms with van der Waals surface area (Å²) in [5.41, 5.74) is 1.76. The van der Waals surface area contributed by atoms with Crippen molar-refractivity contribution >= 4 is 29.2 Å². The molecule has 0 saturated heterocycles. The quantitative estimate of drug-likeness (QED) is 0.860. The predicted molar refractivity (Wildman–Crippen MR) is 72.2 cm³/mol. The summed E-state index contributed by atoms with van der Waals surface area (Å²) in [6, 6.07) is 6.88. The number of nitrogens with one attached hydrogen (secondary N) is 1. The number of aromatic nitrogens is 1. The summed E-state index contributed by atoms with van der Waals surface area (Å²) in [4.78, 5) is 14.6. The molecule has 0 radical (unpaired) electrons. The van der Waals surface area contributed by atoms with Gasteiger partial charge in [-0.05, 0) is 31.2 Å². The van der Waals surface area contributed by atoms with Crippen LogP contribution in [0.4, 0.5) is 0 Å². The molecule has 1 aromatic heterocycles. The van der Waals surface area contributed by atoms with Gasteiger partial charge in [0.05, 0.1) is 6.61 Å². The van der Waals surface area contributed by atoms with Gasteiger partial charge in [0.1, 0.15) is 5.69 Å². The fourth-order valence-corrected chi connectivity index (χ4v) is 2.06. The number of hydrogen-bond donors (Lipinski definition) is 1. The number of halogens is 2. The fraction of sp³-hybridized carbons (Fsp3) is 0.154. The van der Waals surface area contributed by atoms with E-state index in [0.717, 1.165) is 0 Å². The molecule has 0 saturated carbocycles. The van der Waals surface area contributed by atoms with Crippen molar-refractivity contribution < 1.29 is 9.53 Å². The highest BCUT2D eigenvalue weighted by Gasteiger charge is 2.17. The van der Waals surface area contributed by atoms with E-state index in [1.165, 1.54) is 0 Å². The maximum Gasteiger partial charge on any atom is 0.355 e. The van der Waals surface area contributed by atoms with Crippen molar-refractivity contribution in [2.45, 2.75) is 6.92 Å². The summed E-state index contributed by atoms with van der Waals surface area (Å²) in [6.45, 7) is 2.08. The minimum absolute atomic E-state index is 0.320. The second-order valence-corrected chi connectivity index (χ2v) is 4.45. The third-order valence-electron chi connectivity index (χ3n) is 2.45. The monoisotopic (exact) mass is 283 g/mol. The van der Waals surface area contributed by atoms with Gasteiger partial charge >= 0.3 is 5.97 Å². The van der Waals surface area contributed by atoms with E-state index in [0.29, 0.717) is 33.5 Å². The molecular weight excluding hydrogens is 273 g/mol. The molecule has 0 bridgehead atoms. The molecule has 2 rings (SSSR count). The summed E-state index contributed by atoms with van der Waals surface area (Å²) < 4.78 is 4.97. The Bertz CT molecular complexity index is 578. The Labute approximate surface area is 115 Å². The van der Waals surface area contributed by atoms with Gasteiger partial charge in [-0.2, -0.15) is 0 Å². The molecule has 0 aliphatic rings. The second-order valence-electron chi connectivity index (χ2n) is 3.61. The summed E-state index contributed by atoms with van der Waals surface area (Å²) in [5.74, 6) is -0.409. The van der Waals surface area contributed by atoms with Crippen LogP contribution in [0.2, 0.25) is 10.0 Å². The number of H-pyrrole nitrogens is 1. The molecule has 94 valence electrons. The molecule has 5 heteroatoms. The van der Waals surface area contributed by atoms with E-state index < -0.39 is 5.97 Å². The lowest BCUT2D eigenvalue weighted by molar-refractivity contribution is 0.0521. The Morgan fingerprint density at radius 1 is 1.28 bits per heavy atom. The highest BCUT2D eigenvalue weighted by Crippen LogP contribution is 2.32. The average molecular weight is 284 g/mol. The molecule has 3 nitrogen and oxygen atoms in total. The van der Waals surface area contributed by atoms with Crippen molar-refractivity contribution in [1.82, 2.24) is 4.98 Å². The normalized spacial score (nSPS) is 10.4. The standard InChI is InChI=1S/C13H11Cl2NO2/c1-2-18-13(17)12-9(5-6-16-12)10-7-8(14)3-4-11(10)15/h3-7,16H,2H2,1H3. The SMILES string of the molecule is CCOC(=O)c1[nH]ccc1-c1cc(Cl)ccc1Cl. The Morgan fingerprint density at radius 2 is 2.06 bits per heavy atom. The lowest BCUT2D eigenvalue weighted by Crippen LogP contribution is -2.06. The van der Waals surface area contributed by atoms with Crippen LogP contribution < -0.4 is 0 Å². The summed E-state index contributed by atoms with van der Waals surface area (Å²) in [6.07, 6.45) is 1.67. The average Bonchev–Trinajstić information content (AvgIpc) is 2.81. The fourth-order valence-electron chi connectivity index (χ4n) is 1.67. The zero-order chi connectivity index (χ0) is 13.1. The number of rotatable bonds is 3. The highest BCUT2D eigenvalue weighted by molar-refractivity contribution is 6.35. The first kappa shape index (κ1) is 13.0. The molecule has 18 heavy (non-hydrogen) atoms. The van der Waals surface area contributed by atoms with Crippen LogP contribution in [-0.4, -0.2) is 17.6 Å². The summed E-state index contributed by atoms with van der Waals surface area (Å²) >= 11 is 12.1. The van der Waals surface area contributed by atoms with Crippen LogP contribution in [0.5, 0.6) is 0 Å². The van der Waals surface area contributed by atoms with Gasteiger partial charge in [0.15, 0.2) is 0 Å². The van der Waals surface area contributed by atoms with Crippen LogP contribution in [0.3, 0.4) is 0 Å². The van der Waals surface area contributed by atoms with Gasteiger partial charge in [0.2, 0.25) is 0 Å². The van der Waals surface area contributed by atoms with Crippen LogP contribution in [0.1, 0.15) is 17.4 Å². The van der Waals surface area contributed by atoms with Gasteiger partial charge in [-0.1, -0.05) is 23.2 Å². The molecule has 0 atom stereocenters. The van der Waals surface area contributed by atoms with Crippen LogP contribution in [0.25, 0.3) is 11.1 Å². The molecule has 1 N–H and O–H groups in total. The van der Waals surface area contributed by atoms with Gasteiger partial charge < -0.3 is 9.72 Å². The molecule has 0 unspecified atom stereocenters. The van der Waals surface area contributed by atoms with E-state index in [2.05, 4.69) is 4.98 Å². The molecule has 1 aromatic carbocycles. The minimum Gasteiger partial charge on any atom is -0.461 e. The number of aromatic amines is 1. The number of ether oxygens (including phenoxy) is 1. The van der Waals surface area contributed by atoms with Crippen LogP contribution in [0, 0.1) is 0 Å². The number of carbonyl (C=O) groups is 1. The Morgan fingerprint density at radius 3 is 2.78 bits per heavy atom. The first-order chi connectivity index (χ1) is 8.63. The van der Waals surface area contributed by atoms with Crippen molar-refractivity contribution in [3.05, 3.63) is 46.2 Å². The predicted octanol–water partition coefficient (Wildman–Crippen LogP) is 4.17. The summed E-state index contributed by atoms with van der Waals surface area (Å²) in [7, 11) is 0. The van der Waals surface area contributed by atoms with Gasteiger partial charge in [-0.3, -0.25) is 0 Å². The summed E-state index contributed by atoms with van der Waals surface area (Å²) in [5, 5.41) is 1.09. The number of carbonyl (C=O) groups excluding carboxylic acids is 1. The number of hydrogen-bond acceptors (Lipinski definition) is 2. The molecule has 1 heterocycles. The number of benzene rings is 1. The Balaban J connectivity index is 2.48. The van der Waals surface area contributed by atoms with Gasteiger partial charge in [0, 0.05) is 27.4 Å². The van der Waals surface area contributed by atoms with Crippen LogP contribution in [0.15, 0.2) is 30.5 Å². The smallest absolute Gasteiger partial charge is 0.355 e. The van der Waals surface area contributed by atoms with Gasteiger partial charge in [-0.15, -0.1) is 0 Å². The molecule has 2 aromatic rings. The van der Waals surface area contributed by atoms with Crippen LogP contribution in [-0.2, 0) is 4.74 Å². The van der Waals surface area contributed by atoms with Crippen molar-refractivity contribution in [3.8, 4) is 11.1 Å². The third kappa shape index (κ3) is 2.52. The van der Waals surface area contributed by atoms with E-state index >= 15 is 0 Å². The van der Waals surface area contributed by atoms with E-state index in [1.807, 2.05) is 0 Å². The minimum atomic E-state index is -0.409. The molecule has 0 aliphatic carbocycles. The van der Waals surface area contributed by atoms with Crippen molar-refractivity contribution in [2.24, 2.45) is 0 Å². The van der Waals surface area contributed by atoms with E-state index in [4.69, 9.17) is 27.9 Å². The Kier molecular flexibility index (Phi) is 3.94. The zero-order valence-corrected chi connectivity index (χ0v) is 11.2. The van der Waals surface area contributed by atoms with E-state index in [9.17, 15) is 4.79 Å². The molecule has 0 fully saturated rings. The lowest BCUT2D eigenvalue weighted by Gasteiger charge is -2.06. The lowest BCUT2D eigenvalue weighted by atomic mass is 10.1. The van der Waals surface area contributed by atoms with E-state index in [1.54, 1.807) is 37.4 Å². The zero-order valence-electron chi connectivity index (χ0n) is 9.67. The largest absolute Gasteiger partial charge is 0.461 e. The molecular formula is C13H11Cl2NO2. The second kappa shape index (κ2) is 5.46. The maximum absolute atomic E-state index is 11.8. The molecule has 0 aliphatic heterocycles. The first-order valence-corrected chi connectivity index (χ1v) is 6.19. The van der Waals surface area contributed by atoms with Crippen molar-refractivity contribution in [3.63, 3.8) is 0 Å².